The van der Waals surface area contributed by atoms with Crippen LogP contribution in [0.3, 0.4) is 0 Å². The minimum Gasteiger partial charge on any atom is -0.491 e. The smallest absolute Gasteiger partial charge is 0.136 e. The molecule has 2 aromatic carbocycles. The van der Waals surface area contributed by atoms with E-state index in [-0.39, 0.29) is 0 Å². The summed E-state index contributed by atoms with van der Waals surface area (Å²) in [7, 11) is 0. The normalized spacial score (nSPS) is 18.0. The van der Waals surface area contributed by atoms with Crippen LogP contribution in [0.5, 0.6) is 23.0 Å². The summed E-state index contributed by atoms with van der Waals surface area (Å²) < 4.78 is 56.3. The predicted molar refractivity (Wildman–Crippen MR) is 156 cm³/mol. The molecule has 0 atom stereocenters. The van der Waals surface area contributed by atoms with E-state index in [9.17, 15) is 0 Å². The summed E-state index contributed by atoms with van der Waals surface area (Å²) in [6.07, 6.45) is 11.4. The first-order valence-electron chi connectivity index (χ1n) is 14.0. The fourth-order valence-electron chi connectivity index (χ4n) is 3.60. The SMILES string of the molecule is C#Cc1cc2c(C#C)cc1OCCOCCOCCOCCOc1ccc(cc1)OCCOCCOCCOCCO2. The van der Waals surface area contributed by atoms with Crippen molar-refractivity contribution in [3.8, 4) is 47.7 Å². The van der Waals surface area contributed by atoms with Gasteiger partial charge in [0.25, 0.3) is 0 Å². The molecule has 4 bridgehead atoms. The highest BCUT2D eigenvalue weighted by atomic mass is 16.6. The molecule has 228 valence electrons. The van der Waals surface area contributed by atoms with E-state index < -0.39 is 0 Å². The highest BCUT2D eigenvalue weighted by Gasteiger charge is 2.10. The molecule has 10 nitrogen and oxygen atoms in total. The maximum Gasteiger partial charge on any atom is 0.136 e. The second kappa shape index (κ2) is 21.3. The van der Waals surface area contributed by atoms with Crippen molar-refractivity contribution in [1.82, 2.24) is 0 Å². The van der Waals surface area contributed by atoms with Crippen molar-refractivity contribution < 1.29 is 47.4 Å². The van der Waals surface area contributed by atoms with Gasteiger partial charge >= 0.3 is 0 Å². The minimum absolute atomic E-state index is 0.305. The standard InChI is InChI=1S/C32H40O10/c1-3-27-25-32-28(4-2)26-31(27)41-23-19-37-15-11-33-9-13-35-17-21-39-29-5-7-30(8-6-29)40-22-18-36-14-10-34-12-16-38-20-24-42-32/h1-2,5-8,25-26H,9-24H2. The predicted octanol–water partition coefficient (Wildman–Crippen LogP) is 2.98. The summed E-state index contributed by atoms with van der Waals surface area (Å²) in [4.78, 5) is 0. The van der Waals surface area contributed by atoms with E-state index in [2.05, 4.69) is 11.8 Å². The molecule has 0 N–H and O–H groups in total. The van der Waals surface area contributed by atoms with Crippen LogP contribution < -0.4 is 18.9 Å². The molecule has 4 heterocycles. The van der Waals surface area contributed by atoms with Gasteiger partial charge in [0.15, 0.2) is 0 Å². The second-order valence-electron chi connectivity index (χ2n) is 8.67. The van der Waals surface area contributed by atoms with Gasteiger partial charge in [-0.25, -0.2) is 0 Å². The zero-order valence-corrected chi connectivity index (χ0v) is 24.0. The maximum atomic E-state index is 5.81. The van der Waals surface area contributed by atoms with Gasteiger partial charge < -0.3 is 47.4 Å². The summed E-state index contributed by atoms with van der Waals surface area (Å²) in [5, 5.41) is 0. The molecule has 0 amide bonds. The third-order valence-electron chi connectivity index (χ3n) is 5.67. The number of benzene rings is 2. The molecule has 0 aromatic heterocycles. The Labute approximate surface area is 248 Å². The monoisotopic (exact) mass is 584 g/mol. The van der Waals surface area contributed by atoms with Crippen LogP contribution in [0.15, 0.2) is 36.4 Å². The van der Waals surface area contributed by atoms with E-state index in [0.29, 0.717) is 128 Å². The summed E-state index contributed by atoms with van der Waals surface area (Å²) in [6.45, 7) is 6.73. The lowest BCUT2D eigenvalue weighted by Gasteiger charge is -2.14. The van der Waals surface area contributed by atoms with Crippen molar-refractivity contribution >= 4 is 0 Å². The number of rotatable bonds is 0. The molecule has 0 aliphatic carbocycles. The van der Waals surface area contributed by atoms with Gasteiger partial charge in [-0.15, -0.1) is 12.8 Å². The van der Waals surface area contributed by atoms with E-state index in [0.717, 1.165) is 11.5 Å². The molecular weight excluding hydrogens is 544 g/mol. The van der Waals surface area contributed by atoms with Gasteiger partial charge in [-0.3, -0.25) is 0 Å². The molecule has 0 radical (unpaired) electrons. The lowest BCUT2D eigenvalue weighted by molar-refractivity contribution is 0.00466. The van der Waals surface area contributed by atoms with Gasteiger partial charge in [0.1, 0.15) is 49.4 Å². The molecule has 0 saturated carbocycles. The Hall–Kier alpha value is -3.48. The average molecular weight is 585 g/mol. The Kier molecular flexibility index (Phi) is 16.7. The Balaban J connectivity index is 1.42. The number of terminal acetylenes is 2. The third kappa shape index (κ3) is 13.5. The second-order valence-corrected chi connectivity index (χ2v) is 8.67. The first kappa shape index (κ1) is 33.0. The summed E-state index contributed by atoms with van der Waals surface area (Å²) in [5.41, 5.74) is 1.08. The largest absolute Gasteiger partial charge is 0.491 e. The number of hydrogen-bond donors (Lipinski definition) is 0. The van der Waals surface area contributed by atoms with Crippen LogP contribution in [0, 0.1) is 24.7 Å². The van der Waals surface area contributed by atoms with Crippen molar-refractivity contribution in [3.63, 3.8) is 0 Å². The van der Waals surface area contributed by atoms with Gasteiger partial charge in [0.2, 0.25) is 0 Å². The maximum absolute atomic E-state index is 5.81. The van der Waals surface area contributed by atoms with Gasteiger partial charge in [0.05, 0.1) is 90.4 Å². The molecule has 0 unspecified atom stereocenters. The van der Waals surface area contributed by atoms with Crippen molar-refractivity contribution in [2.75, 3.05) is 106 Å². The van der Waals surface area contributed by atoms with E-state index in [1.54, 1.807) is 12.1 Å². The first-order valence-corrected chi connectivity index (χ1v) is 14.0. The highest BCUT2D eigenvalue weighted by Crippen LogP contribution is 2.28. The van der Waals surface area contributed by atoms with Crippen LogP contribution >= 0.6 is 0 Å². The lowest BCUT2D eigenvalue weighted by Crippen LogP contribution is -2.15. The Morgan fingerprint density at radius 2 is 0.643 bits per heavy atom. The highest BCUT2D eigenvalue weighted by molar-refractivity contribution is 5.57. The molecule has 4 aliphatic heterocycles. The topological polar surface area (TPSA) is 92.3 Å². The quantitative estimate of drug-likeness (QED) is 0.431. The zero-order chi connectivity index (χ0) is 29.5. The van der Waals surface area contributed by atoms with Crippen LogP contribution in [0.25, 0.3) is 0 Å². The van der Waals surface area contributed by atoms with Crippen molar-refractivity contribution in [2.24, 2.45) is 0 Å². The van der Waals surface area contributed by atoms with Gasteiger partial charge in [-0.2, -0.15) is 0 Å². The molecule has 0 saturated heterocycles. The van der Waals surface area contributed by atoms with Crippen LogP contribution in [0.4, 0.5) is 0 Å². The zero-order valence-electron chi connectivity index (χ0n) is 24.0. The van der Waals surface area contributed by atoms with Crippen LogP contribution in [0.2, 0.25) is 0 Å². The van der Waals surface area contributed by atoms with Crippen LogP contribution in [-0.4, -0.2) is 106 Å². The van der Waals surface area contributed by atoms with Crippen molar-refractivity contribution in [2.45, 2.75) is 0 Å². The van der Waals surface area contributed by atoms with Gasteiger partial charge in [0, 0.05) is 12.1 Å². The molecule has 0 fully saturated rings. The Bertz CT molecular complexity index is 1000. The van der Waals surface area contributed by atoms with Gasteiger partial charge in [-0.1, -0.05) is 11.8 Å². The molecular formula is C32H40O10. The van der Waals surface area contributed by atoms with Gasteiger partial charge in [-0.05, 0) is 24.3 Å². The van der Waals surface area contributed by atoms with Crippen molar-refractivity contribution in [3.05, 3.63) is 47.5 Å². The molecule has 10 heteroatoms. The molecule has 0 spiro atoms. The summed E-state index contributed by atoms with van der Waals surface area (Å²) in [6, 6.07) is 10.8. The van der Waals surface area contributed by atoms with E-state index in [4.69, 9.17) is 60.2 Å². The number of hydrogen-bond acceptors (Lipinski definition) is 10. The molecule has 6 rings (SSSR count). The van der Waals surface area contributed by atoms with Crippen molar-refractivity contribution in [1.29, 1.82) is 0 Å². The van der Waals surface area contributed by atoms with E-state index >= 15 is 0 Å². The fourth-order valence-corrected chi connectivity index (χ4v) is 3.60. The van der Waals surface area contributed by atoms with E-state index in [1.807, 2.05) is 24.3 Å². The first-order chi connectivity index (χ1) is 20.8. The Morgan fingerprint density at radius 3 is 0.929 bits per heavy atom. The molecule has 4 aliphatic rings. The fraction of sp³-hybridized carbons (Fsp3) is 0.500. The molecule has 42 heavy (non-hydrogen) atoms. The summed E-state index contributed by atoms with van der Waals surface area (Å²) in [5.74, 6) is 7.72. The molecule has 2 aromatic rings. The number of ether oxygens (including phenoxy) is 10. The average Bonchev–Trinajstić information content (AvgIpc) is 3.02. The third-order valence-corrected chi connectivity index (χ3v) is 5.67. The Morgan fingerprint density at radius 1 is 0.381 bits per heavy atom. The summed E-state index contributed by atoms with van der Waals surface area (Å²) >= 11 is 0. The lowest BCUT2D eigenvalue weighted by atomic mass is 10.1. The van der Waals surface area contributed by atoms with Crippen LogP contribution in [0.1, 0.15) is 11.1 Å². The van der Waals surface area contributed by atoms with E-state index in [1.165, 1.54) is 0 Å². The van der Waals surface area contributed by atoms with Crippen LogP contribution in [-0.2, 0) is 28.4 Å². The minimum atomic E-state index is 0.305.